The molecule has 0 saturated carbocycles. The molecule has 19 heavy (non-hydrogen) atoms. The van der Waals surface area contributed by atoms with Gasteiger partial charge in [-0.1, -0.05) is 6.58 Å². The van der Waals surface area contributed by atoms with Crippen molar-refractivity contribution in [2.45, 2.75) is 47.1 Å². The summed E-state index contributed by atoms with van der Waals surface area (Å²) in [6.45, 7) is 14.8. The summed E-state index contributed by atoms with van der Waals surface area (Å²) in [6.07, 6.45) is 1.76. The monoisotopic (exact) mass is 262 g/mol. The quantitative estimate of drug-likeness (QED) is 0.469. The number of carbonyl (C=O) groups is 1. The van der Waals surface area contributed by atoms with Crippen LogP contribution in [0, 0.1) is 20.8 Å². The molecule has 3 nitrogen and oxygen atoms in total. The van der Waals surface area contributed by atoms with Crippen LogP contribution in [0.15, 0.2) is 18.7 Å². The minimum Gasteiger partial charge on any atom is -0.484 e. The molecule has 0 amide bonds. The first-order chi connectivity index (χ1) is 8.68. The van der Waals surface area contributed by atoms with E-state index in [1.54, 1.807) is 6.08 Å². The predicted molar refractivity (Wildman–Crippen MR) is 76.9 cm³/mol. The molecule has 0 atom stereocenters. The Morgan fingerprint density at radius 1 is 1.26 bits per heavy atom. The van der Waals surface area contributed by atoms with Crippen LogP contribution in [0.4, 0.5) is 0 Å². The zero-order chi connectivity index (χ0) is 14.8. The Balaban J connectivity index is 3.25. The third kappa shape index (κ3) is 3.60. The van der Waals surface area contributed by atoms with Gasteiger partial charge in [0.15, 0.2) is 0 Å². The van der Waals surface area contributed by atoms with Crippen LogP contribution in [0.5, 0.6) is 11.5 Å². The maximum atomic E-state index is 11.1. The summed E-state index contributed by atoms with van der Waals surface area (Å²) in [7, 11) is 0. The first-order valence-corrected chi connectivity index (χ1v) is 6.29. The number of benzene rings is 1. The normalized spacial score (nSPS) is 11.1. The molecule has 1 aromatic carbocycles. The second kappa shape index (κ2) is 5.47. The number of hydrogen-bond donors (Lipinski definition) is 0. The van der Waals surface area contributed by atoms with Crippen LogP contribution in [0.25, 0.3) is 0 Å². The van der Waals surface area contributed by atoms with Gasteiger partial charge in [0.25, 0.3) is 0 Å². The van der Waals surface area contributed by atoms with Crippen LogP contribution in [-0.2, 0) is 4.79 Å². The number of ether oxygens (including phenoxy) is 2. The number of aryl methyl sites for hydroxylation is 1. The maximum Gasteiger partial charge on any atom is 0.308 e. The van der Waals surface area contributed by atoms with Gasteiger partial charge < -0.3 is 9.47 Å². The van der Waals surface area contributed by atoms with Crippen LogP contribution >= 0.6 is 0 Å². The Morgan fingerprint density at radius 2 is 1.84 bits per heavy atom. The summed E-state index contributed by atoms with van der Waals surface area (Å²) in [5.74, 6) is 1.09. The van der Waals surface area contributed by atoms with Gasteiger partial charge in [0.2, 0.25) is 0 Å². The zero-order valence-corrected chi connectivity index (χ0v) is 12.6. The predicted octanol–water partition coefficient (Wildman–Crippen LogP) is 3.88. The minimum absolute atomic E-state index is 0.314. The smallest absolute Gasteiger partial charge is 0.308 e. The Bertz CT molecular complexity index is 513. The Morgan fingerprint density at radius 3 is 2.32 bits per heavy atom. The fraction of sp³-hybridized carbons (Fsp3) is 0.438. The van der Waals surface area contributed by atoms with Crippen LogP contribution in [-0.4, -0.2) is 11.6 Å². The highest BCUT2D eigenvalue weighted by Gasteiger charge is 2.19. The van der Waals surface area contributed by atoms with E-state index < -0.39 is 5.60 Å². The Labute approximate surface area is 115 Å². The highest BCUT2D eigenvalue weighted by atomic mass is 16.5. The SMILES string of the molecule is C=CC(C)(C)Oc1cc(C)c(OC(C)=O)c(C)c1C. The number of rotatable bonds is 4. The fourth-order valence-electron chi connectivity index (χ4n) is 1.75. The van der Waals surface area contributed by atoms with E-state index in [-0.39, 0.29) is 5.97 Å². The van der Waals surface area contributed by atoms with Crippen molar-refractivity contribution in [2.75, 3.05) is 0 Å². The second-order valence-corrected chi connectivity index (χ2v) is 5.27. The van der Waals surface area contributed by atoms with Crippen molar-refractivity contribution in [1.29, 1.82) is 0 Å². The number of carbonyl (C=O) groups excluding carboxylic acids is 1. The average Bonchev–Trinajstić information content (AvgIpc) is 2.31. The minimum atomic E-state index is -0.438. The van der Waals surface area contributed by atoms with Gasteiger partial charge >= 0.3 is 5.97 Å². The molecule has 0 radical (unpaired) electrons. The first kappa shape index (κ1) is 15.3. The molecular weight excluding hydrogens is 240 g/mol. The third-order valence-corrected chi connectivity index (χ3v) is 3.09. The molecule has 0 aliphatic heterocycles. The first-order valence-electron chi connectivity index (χ1n) is 6.29. The van der Waals surface area contributed by atoms with Crippen LogP contribution < -0.4 is 9.47 Å². The summed E-state index contributed by atoms with van der Waals surface area (Å²) in [5.41, 5.74) is 2.34. The molecule has 0 N–H and O–H groups in total. The van der Waals surface area contributed by atoms with E-state index in [9.17, 15) is 4.79 Å². The molecule has 0 aromatic heterocycles. The van der Waals surface area contributed by atoms with Crippen molar-refractivity contribution in [3.05, 3.63) is 35.4 Å². The molecule has 3 heteroatoms. The van der Waals surface area contributed by atoms with Crippen LogP contribution in [0.3, 0.4) is 0 Å². The van der Waals surface area contributed by atoms with Crippen molar-refractivity contribution in [3.63, 3.8) is 0 Å². The lowest BCUT2D eigenvalue weighted by Crippen LogP contribution is -2.25. The molecule has 0 aliphatic carbocycles. The van der Waals surface area contributed by atoms with Gasteiger partial charge in [-0.2, -0.15) is 0 Å². The van der Waals surface area contributed by atoms with E-state index in [1.807, 2.05) is 40.7 Å². The lowest BCUT2D eigenvalue weighted by molar-refractivity contribution is -0.131. The molecule has 1 rings (SSSR count). The maximum absolute atomic E-state index is 11.1. The van der Waals surface area contributed by atoms with Gasteiger partial charge in [0.1, 0.15) is 17.1 Å². The van der Waals surface area contributed by atoms with Gasteiger partial charge in [-0.05, 0) is 63.5 Å². The van der Waals surface area contributed by atoms with Crippen LogP contribution in [0.1, 0.15) is 37.5 Å². The topological polar surface area (TPSA) is 35.5 Å². The lowest BCUT2D eigenvalue weighted by atomic mass is 10.0. The summed E-state index contributed by atoms with van der Waals surface area (Å²) in [4.78, 5) is 11.1. The van der Waals surface area contributed by atoms with E-state index >= 15 is 0 Å². The lowest BCUT2D eigenvalue weighted by Gasteiger charge is -2.25. The van der Waals surface area contributed by atoms with Crippen molar-refractivity contribution in [1.82, 2.24) is 0 Å². The molecular formula is C16H22O3. The largest absolute Gasteiger partial charge is 0.484 e. The highest BCUT2D eigenvalue weighted by Crippen LogP contribution is 2.35. The van der Waals surface area contributed by atoms with Gasteiger partial charge in [-0.15, -0.1) is 0 Å². The standard InChI is InChI=1S/C16H22O3/c1-8-16(6,7)19-14-9-10(2)15(18-13(5)17)12(4)11(14)3/h8-9H,1H2,2-7H3. The van der Waals surface area contributed by atoms with Gasteiger partial charge in [-0.25, -0.2) is 0 Å². The van der Waals surface area contributed by atoms with Gasteiger partial charge in [-0.3, -0.25) is 4.79 Å². The average molecular weight is 262 g/mol. The molecule has 1 aromatic rings. The fourth-order valence-corrected chi connectivity index (χ4v) is 1.75. The van der Waals surface area contributed by atoms with Crippen molar-refractivity contribution < 1.29 is 14.3 Å². The van der Waals surface area contributed by atoms with Crippen molar-refractivity contribution in [3.8, 4) is 11.5 Å². The summed E-state index contributed by atoms with van der Waals surface area (Å²) < 4.78 is 11.2. The number of hydrogen-bond acceptors (Lipinski definition) is 3. The van der Waals surface area contributed by atoms with Crippen LogP contribution in [0.2, 0.25) is 0 Å². The van der Waals surface area contributed by atoms with E-state index in [4.69, 9.17) is 9.47 Å². The van der Waals surface area contributed by atoms with E-state index in [1.165, 1.54) is 6.92 Å². The van der Waals surface area contributed by atoms with Crippen molar-refractivity contribution >= 4 is 5.97 Å². The molecule has 0 heterocycles. The van der Waals surface area contributed by atoms with E-state index in [0.717, 1.165) is 22.4 Å². The zero-order valence-electron chi connectivity index (χ0n) is 12.6. The molecule has 0 saturated heterocycles. The molecule has 0 spiro atoms. The Kier molecular flexibility index (Phi) is 4.40. The van der Waals surface area contributed by atoms with Gasteiger partial charge in [0.05, 0.1) is 0 Å². The second-order valence-electron chi connectivity index (χ2n) is 5.27. The molecule has 104 valence electrons. The molecule has 0 aliphatic rings. The molecule has 0 unspecified atom stereocenters. The van der Waals surface area contributed by atoms with E-state index in [0.29, 0.717) is 5.75 Å². The summed E-state index contributed by atoms with van der Waals surface area (Å²) in [6, 6.07) is 1.89. The number of esters is 1. The molecule has 0 bridgehead atoms. The van der Waals surface area contributed by atoms with Crippen molar-refractivity contribution in [2.24, 2.45) is 0 Å². The third-order valence-electron chi connectivity index (χ3n) is 3.09. The summed E-state index contributed by atoms with van der Waals surface area (Å²) >= 11 is 0. The van der Waals surface area contributed by atoms with Gasteiger partial charge in [0, 0.05) is 6.92 Å². The van der Waals surface area contributed by atoms with E-state index in [2.05, 4.69) is 6.58 Å². The highest BCUT2D eigenvalue weighted by molar-refractivity contribution is 5.71. The Hall–Kier alpha value is -1.77. The summed E-state index contributed by atoms with van der Waals surface area (Å²) in [5, 5.41) is 0. The molecule has 0 fully saturated rings.